The van der Waals surface area contributed by atoms with E-state index in [2.05, 4.69) is 24.4 Å². The van der Waals surface area contributed by atoms with Gasteiger partial charge in [-0.15, -0.1) is 0 Å². The van der Waals surface area contributed by atoms with Crippen molar-refractivity contribution in [3.8, 4) is 0 Å². The highest BCUT2D eigenvalue weighted by atomic mass is 32.2. The van der Waals surface area contributed by atoms with Crippen LogP contribution >= 0.6 is 0 Å². The fourth-order valence-corrected chi connectivity index (χ4v) is 2.59. The van der Waals surface area contributed by atoms with Crippen LogP contribution in [0.2, 0.25) is 0 Å². The van der Waals surface area contributed by atoms with Crippen LogP contribution in [0.3, 0.4) is 0 Å². The Kier molecular flexibility index (Phi) is 6.36. The van der Waals surface area contributed by atoms with Crippen LogP contribution in [-0.2, 0) is 16.3 Å². The molecular weight excluding hydrogens is 246 g/mol. The molecule has 18 heavy (non-hydrogen) atoms. The van der Waals surface area contributed by atoms with Gasteiger partial charge in [-0.05, 0) is 31.4 Å². The summed E-state index contributed by atoms with van der Waals surface area (Å²) < 4.78 is 22.5. The van der Waals surface area contributed by atoms with Crippen molar-refractivity contribution in [3.05, 3.63) is 35.9 Å². The maximum atomic E-state index is 11.2. The number of nitrogens with one attached hydrogen (secondary N) is 1. The fourth-order valence-electron chi connectivity index (χ4n) is 1.88. The molecule has 0 radical (unpaired) electrons. The Bertz CT molecular complexity index is 428. The first kappa shape index (κ1) is 15.2. The molecule has 1 rings (SSSR count). The molecule has 1 unspecified atom stereocenters. The molecule has 1 N–H and O–H groups in total. The molecule has 0 heterocycles. The van der Waals surface area contributed by atoms with Crippen LogP contribution < -0.4 is 5.32 Å². The Balaban J connectivity index is 2.55. The van der Waals surface area contributed by atoms with Gasteiger partial charge in [-0.1, -0.05) is 37.3 Å². The third-order valence-electron chi connectivity index (χ3n) is 2.85. The summed E-state index contributed by atoms with van der Waals surface area (Å²) in [6, 6.07) is 10.4. The zero-order valence-electron chi connectivity index (χ0n) is 11.2. The van der Waals surface area contributed by atoms with Gasteiger partial charge in [-0.3, -0.25) is 0 Å². The average molecular weight is 269 g/mol. The summed E-state index contributed by atoms with van der Waals surface area (Å²) in [4.78, 5) is 0. The van der Waals surface area contributed by atoms with E-state index in [0.29, 0.717) is 6.42 Å². The topological polar surface area (TPSA) is 46.2 Å². The minimum absolute atomic E-state index is 0.238. The lowest BCUT2D eigenvalue weighted by atomic mass is 10.0. The van der Waals surface area contributed by atoms with Gasteiger partial charge in [0.05, 0.1) is 5.75 Å². The molecule has 1 aromatic rings. The second-order valence-corrected chi connectivity index (χ2v) is 7.02. The minimum atomic E-state index is -2.88. The average Bonchev–Trinajstić information content (AvgIpc) is 2.33. The standard InChI is InChI=1S/C14H23NO2S/c1-3-10-15-14(9-11-18(2,16)17)12-13-7-5-4-6-8-13/h4-8,14-15H,3,9-12H2,1-2H3. The summed E-state index contributed by atoms with van der Waals surface area (Å²) in [5, 5.41) is 3.43. The van der Waals surface area contributed by atoms with Crippen LogP contribution in [0.5, 0.6) is 0 Å². The highest BCUT2D eigenvalue weighted by Crippen LogP contribution is 2.07. The Morgan fingerprint density at radius 1 is 1.22 bits per heavy atom. The van der Waals surface area contributed by atoms with Crippen LogP contribution in [0.1, 0.15) is 25.3 Å². The molecule has 0 fully saturated rings. The summed E-state index contributed by atoms with van der Waals surface area (Å²) in [5.74, 6) is 0.251. The van der Waals surface area contributed by atoms with Crippen molar-refractivity contribution in [3.63, 3.8) is 0 Å². The third kappa shape index (κ3) is 6.77. The number of hydrogen-bond donors (Lipinski definition) is 1. The molecule has 0 aromatic heterocycles. The lowest BCUT2D eigenvalue weighted by Crippen LogP contribution is -2.33. The first-order chi connectivity index (χ1) is 8.51. The maximum absolute atomic E-state index is 11.2. The third-order valence-corrected chi connectivity index (χ3v) is 3.82. The minimum Gasteiger partial charge on any atom is -0.314 e. The van der Waals surface area contributed by atoms with Gasteiger partial charge in [0.1, 0.15) is 9.84 Å². The number of benzene rings is 1. The molecule has 4 heteroatoms. The molecule has 0 saturated heterocycles. The van der Waals surface area contributed by atoms with Gasteiger partial charge < -0.3 is 5.32 Å². The van der Waals surface area contributed by atoms with Crippen LogP contribution in [0.25, 0.3) is 0 Å². The molecule has 0 aliphatic heterocycles. The van der Waals surface area contributed by atoms with E-state index in [9.17, 15) is 8.42 Å². The largest absolute Gasteiger partial charge is 0.314 e. The van der Waals surface area contributed by atoms with Gasteiger partial charge in [-0.2, -0.15) is 0 Å². The first-order valence-electron chi connectivity index (χ1n) is 6.46. The van der Waals surface area contributed by atoms with Crippen molar-refractivity contribution < 1.29 is 8.42 Å². The van der Waals surface area contributed by atoms with E-state index in [1.165, 1.54) is 11.8 Å². The Morgan fingerprint density at radius 3 is 2.44 bits per heavy atom. The fraction of sp³-hybridized carbons (Fsp3) is 0.571. The molecule has 3 nitrogen and oxygen atoms in total. The molecule has 1 aromatic carbocycles. The maximum Gasteiger partial charge on any atom is 0.147 e. The van der Waals surface area contributed by atoms with E-state index in [0.717, 1.165) is 19.4 Å². The Labute approximate surface area is 111 Å². The highest BCUT2D eigenvalue weighted by Gasteiger charge is 2.12. The number of rotatable bonds is 8. The van der Waals surface area contributed by atoms with E-state index in [4.69, 9.17) is 0 Å². The molecule has 102 valence electrons. The van der Waals surface area contributed by atoms with Crippen molar-refractivity contribution in [1.82, 2.24) is 5.32 Å². The Morgan fingerprint density at radius 2 is 1.89 bits per heavy atom. The predicted octanol–water partition coefficient (Wildman–Crippen LogP) is 2.03. The second-order valence-electron chi connectivity index (χ2n) is 4.76. The number of sulfone groups is 1. The molecule has 0 bridgehead atoms. The van der Waals surface area contributed by atoms with Gasteiger partial charge in [0.2, 0.25) is 0 Å². The molecular formula is C14H23NO2S. The number of hydrogen-bond acceptors (Lipinski definition) is 3. The van der Waals surface area contributed by atoms with E-state index >= 15 is 0 Å². The molecule has 1 atom stereocenters. The first-order valence-corrected chi connectivity index (χ1v) is 8.52. The van der Waals surface area contributed by atoms with E-state index in [1.807, 2.05) is 18.2 Å². The zero-order chi connectivity index (χ0) is 13.4. The quantitative estimate of drug-likeness (QED) is 0.785. The SMILES string of the molecule is CCCNC(CCS(C)(=O)=O)Cc1ccccc1. The van der Waals surface area contributed by atoms with E-state index < -0.39 is 9.84 Å². The van der Waals surface area contributed by atoms with E-state index in [-0.39, 0.29) is 11.8 Å². The lowest BCUT2D eigenvalue weighted by Gasteiger charge is -2.18. The van der Waals surface area contributed by atoms with Gasteiger partial charge in [0.15, 0.2) is 0 Å². The molecule has 0 aliphatic carbocycles. The molecule has 0 aliphatic rings. The van der Waals surface area contributed by atoms with Crippen molar-refractivity contribution in [2.45, 2.75) is 32.2 Å². The van der Waals surface area contributed by atoms with Crippen molar-refractivity contribution >= 4 is 9.84 Å². The highest BCUT2D eigenvalue weighted by molar-refractivity contribution is 7.90. The van der Waals surface area contributed by atoms with Gasteiger partial charge >= 0.3 is 0 Å². The summed E-state index contributed by atoms with van der Waals surface area (Å²) in [6.07, 6.45) is 3.92. The lowest BCUT2D eigenvalue weighted by molar-refractivity contribution is 0.491. The van der Waals surface area contributed by atoms with Crippen molar-refractivity contribution in [2.24, 2.45) is 0 Å². The van der Waals surface area contributed by atoms with E-state index in [1.54, 1.807) is 0 Å². The zero-order valence-corrected chi connectivity index (χ0v) is 12.0. The Hall–Kier alpha value is -0.870. The molecule has 0 amide bonds. The molecule has 0 saturated carbocycles. The van der Waals surface area contributed by atoms with Gasteiger partial charge in [0.25, 0.3) is 0 Å². The van der Waals surface area contributed by atoms with Crippen LogP contribution in [0, 0.1) is 0 Å². The van der Waals surface area contributed by atoms with Gasteiger partial charge in [-0.25, -0.2) is 8.42 Å². The summed E-state index contributed by atoms with van der Waals surface area (Å²) in [7, 11) is -2.88. The second kappa shape index (κ2) is 7.54. The molecule has 0 spiro atoms. The normalized spacial score (nSPS) is 13.4. The van der Waals surface area contributed by atoms with Crippen molar-refractivity contribution in [1.29, 1.82) is 0 Å². The monoisotopic (exact) mass is 269 g/mol. The summed E-state index contributed by atoms with van der Waals surface area (Å²) >= 11 is 0. The smallest absolute Gasteiger partial charge is 0.147 e. The predicted molar refractivity (Wildman–Crippen MR) is 76.6 cm³/mol. The van der Waals surface area contributed by atoms with Crippen LogP contribution in [0.4, 0.5) is 0 Å². The van der Waals surface area contributed by atoms with Crippen LogP contribution in [0.15, 0.2) is 30.3 Å². The summed E-state index contributed by atoms with van der Waals surface area (Å²) in [6.45, 7) is 3.05. The van der Waals surface area contributed by atoms with Gasteiger partial charge in [0, 0.05) is 12.3 Å². The van der Waals surface area contributed by atoms with Crippen molar-refractivity contribution in [2.75, 3.05) is 18.6 Å². The van der Waals surface area contributed by atoms with Crippen LogP contribution in [-0.4, -0.2) is 33.0 Å². The summed E-state index contributed by atoms with van der Waals surface area (Å²) in [5.41, 5.74) is 1.25.